The molecular formula is C12H18N2O2. The molecular weight excluding hydrogens is 204 g/mol. The summed E-state index contributed by atoms with van der Waals surface area (Å²) < 4.78 is 0. The number of rotatable bonds is 5. The quantitative estimate of drug-likeness (QED) is 0.802. The molecule has 0 saturated heterocycles. The highest BCUT2D eigenvalue weighted by Gasteiger charge is 2.18. The standard InChI is InChI=1S/C12H18N2O2/c1-8(2)6-10(12(15)16)14-11-5-4-9(3)7-13-11/h4-5,7-8,10H,6H2,1-3H3,(H,13,14)(H,15,16). The minimum atomic E-state index is -0.837. The molecule has 0 aliphatic carbocycles. The molecule has 1 heterocycles. The Bertz CT molecular complexity index is 347. The molecule has 16 heavy (non-hydrogen) atoms. The normalized spacial score (nSPS) is 12.5. The first-order valence-electron chi connectivity index (χ1n) is 5.41. The van der Waals surface area contributed by atoms with Gasteiger partial charge in [-0.1, -0.05) is 19.9 Å². The van der Waals surface area contributed by atoms with Crippen molar-refractivity contribution in [3.63, 3.8) is 0 Å². The zero-order valence-corrected chi connectivity index (χ0v) is 9.90. The van der Waals surface area contributed by atoms with Crippen molar-refractivity contribution >= 4 is 11.8 Å². The monoisotopic (exact) mass is 222 g/mol. The zero-order chi connectivity index (χ0) is 12.1. The summed E-state index contributed by atoms with van der Waals surface area (Å²) >= 11 is 0. The van der Waals surface area contributed by atoms with Crippen LogP contribution in [-0.4, -0.2) is 22.1 Å². The lowest BCUT2D eigenvalue weighted by molar-refractivity contribution is -0.138. The topological polar surface area (TPSA) is 62.2 Å². The van der Waals surface area contributed by atoms with E-state index < -0.39 is 12.0 Å². The van der Waals surface area contributed by atoms with Crippen LogP contribution in [-0.2, 0) is 4.79 Å². The summed E-state index contributed by atoms with van der Waals surface area (Å²) in [5, 5.41) is 12.0. The highest BCUT2D eigenvalue weighted by atomic mass is 16.4. The second kappa shape index (κ2) is 5.49. The molecule has 0 spiro atoms. The second-order valence-electron chi connectivity index (χ2n) is 4.39. The third-order valence-corrected chi connectivity index (χ3v) is 2.24. The van der Waals surface area contributed by atoms with E-state index in [4.69, 9.17) is 5.11 Å². The van der Waals surface area contributed by atoms with Crippen LogP contribution < -0.4 is 5.32 Å². The number of anilines is 1. The van der Waals surface area contributed by atoms with Gasteiger partial charge in [0.15, 0.2) is 0 Å². The molecule has 0 aromatic carbocycles. The van der Waals surface area contributed by atoms with Crippen LogP contribution in [0.4, 0.5) is 5.82 Å². The van der Waals surface area contributed by atoms with Crippen LogP contribution in [0.3, 0.4) is 0 Å². The maximum atomic E-state index is 11.0. The van der Waals surface area contributed by atoms with E-state index in [-0.39, 0.29) is 0 Å². The molecule has 0 amide bonds. The van der Waals surface area contributed by atoms with Gasteiger partial charge in [-0.3, -0.25) is 0 Å². The molecule has 0 aliphatic heterocycles. The Balaban J connectivity index is 2.68. The van der Waals surface area contributed by atoms with Gasteiger partial charge in [-0.15, -0.1) is 0 Å². The SMILES string of the molecule is Cc1ccc(NC(CC(C)C)C(=O)O)nc1. The molecule has 4 nitrogen and oxygen atoms in total. The molecule has 1 aromatic heterocycles. The number of carboxylic acids is 1. The lowest BCUT2D eigenvalue weighted by Crippen LogP contribution is -2.31. The number of hydrogen-bond acceptors (Lipinski definition) is 3. The van der Waals surface area contributed by atoms with E-state index in [1.54, 1.807) is 12.3 Å². The summed E-state index contributed by atoms with van der Waals surface area (Å²) in [5.74, 6) is 0.105. The van der Waals surface area contributed by atoms with Crippen molar-refractivity contribution in [1.29, 1.82) is 0 Å². The molecule has 1 unspecified atom stereocenters. The fraction of sp³-hybridized carbons (Fsp3) is 0.500. The minimum Gasteiger partial charge on any atom is -0.480 e. The van der Waals surface area contributed by atoms with Crippen LogP contribution in [0.1, 0.15) is 25.8 Å². The fourth-order valence-corrected chi connectivity index (χ4v) is 1.42. The van der Waals surface area contributed by atoms with Crippen molar-refractivity contribution in [3.8, 4) is 0 Å². The van der Waals surface area contributed by atoms with Gasteiger partial charge in [-0.2, -0.15) is 0 Å². The predicted octanol–water partition coefficient (Wildman–Crippen LogP) is 2.30. The maximum absolute atomic E-state index is 11.0. The van der Waals surface area contributed by atoms with Crippen molar-refractivity contribution in [2.75, 3.05) is 5.32 Å². The molecule has 0 aliphatic rings. The van der Waals surface area contributed by atoms with E-state index in [1.165, 1.54) is 0 Å². The van der Waals surface area contributed by atoms with Gasteiger partial charge in [-0.25, -0.2) is 9.78 Å². The number of carbonyl (C=O) groups is 1. The van der Waals surface area contributed by atoms with E-state index in [0.717, 1.165) is 5.56 Å². The molecule has 1 atom stereocenters. The van der Waals surface area contributed by atoms with E-state index >= 15 is 0 Å². The van der Waals surface area contributed by atoms with Crippen molar-refractivity contribution in [3.05, 3.63) is 23.9 Å². The first-order chi connectivity index (χ1) is 7.49. The molecule has 1 rings (SSSR count). The van der Waals surface area contributed by atoms with Gasteiger partial charge in [0.25, 0.3) is 0 Å². The Morgan fingerprint density at radius 3 is 2.62 bits per heavy atom. The lowest BCUT2D eigenvalue weighted by atomic mass is 10.0. The van der Waals surface area contributed by atoms with Crippen molar-refractivity contribution in [2.45, 2.75) is 33.2 Å². The van der Waals surface area contributed by atoms with E-state index in [1.807, 2.05) is 26.8 Å². The molecule has 1 aromatic rings. The first kappa shape index (κ1) is 12.5. The lowest BCUT2D eigenvalue weighted by Gasteiger charge is -2.16. The predicted molar refractivity (Wildman–Crippen MR) is 63.5 cm³/mol. The fourth-order valence-electron chi connectivity index (χ4n) is 1.42. The van der Waals surface area contributed by atoms with Crippen LogP contribution in [0, 0.1) is 12.8 Å². The average molecular weight is 222 g/mol. The van der Waals surface area contributed by atoms with Crippen LogP contribution in [0.15, 0.2) is 18.3 Å². The number of nitrogens with one attached hydrogen (secondary N) is 1. The van der Waals surface area contributed by atoms with Crippen LogP contribution in [0.5, 0.6) is 0 Å². The maximum Gasteiger partial charge on any atom is 0.326 e. The number of aliphatic carboxylic acids is 1. The van der Waals surface area contributed by atoms with Gasteiger partial charge in [0.2, 0.25) is 0 Å². The Labute approximate surface area is 95.7 Å². The van der Waals surface area contributed by atoms with Crippen LogP contribution in [0.25, 0.3) is 0 Å². The summed E-state index contributed by atoms with van der Waals surface area (Å²) in [6.45, 7) is 5.94. The third kappa shape index (κ3) is 3.88. The Hall–Kier alpha value is -1.58. The van der Waals surface area contributed by atoms with Gasteiger partial charge >= 0.3 is 5.97 Å². The molecule has 0 bridgehead atoms. The number of hydrogen-bond donors (Lipinski definition) is 2. The van der Waals surface area contributed by atoms with Crippen LogP contribution >= 0.6 is 0 Å². The Morgan fingerprint density at radius 2 is 2.19 bits per heavy atom. The largest absolute Gasteiger partial charge is 0.480 e. The van der Waals surface area contributed by atoms with Gasteiger partial charge in [0.05, 0.1) is 0 Å². The number of carboxylic acid groups (broad SMARTS) is 1. The zero-order valence-electron chi connectivity index (χ0n) is 9.90. The number of aromatic nitrogens is 1. The van der Waals surface area contributed by atoms with Crippen molar-refractivity contribution < 1.29 is 9.90 Å². The minimum absolute atomic E-state index is 0.332. The smallest absolute Gasteiger partial charge is 0.326 e. The van der Waals surface area contributed by atoms with E-state index in [9.17, 15) is 4.79 Å². The highest BCUT2D eigenvalue weighted by Crippen LogP contribution is 2.11. The molecule has 0 radical (unpaired) electrons. The molecule has 0 saturated carbocycles. The molecule has 4 heteroatoms. The van der Waals surface area contributed by atoms with E-state index in [2.05, 4.69) is 10.3 Å². The summed E-state index contributed by atoms with van der Waals surface area (Å²) in [7, 11) is 0. The summed E-state index contributed by atoms with van der Waals surface area (Å²) in [6, 6.07) is 3.13. The summed E-state index contributed by atoms with van der Waals surface area (Å²) in [5.41, 5.74) is 1.06. The molecule has 88 valence electrons. The van der Waals surface area contributed by atoms with Gasteiger partial charge < -0.3 is 10.4 Å². The second-order valence-corrected chi connectivity index (χ2v) is 4.39. The number of pyridine rings is 1. The third-order valence-electron chi connectivity index (χ3n) is 2.24. The number of aryl methyl sites for hydroxylation is 1. The molecule has 0 fully saturated rings. The average Bonchev–Trinajstić information content (AvgIpc) is 2.19. The molecule has 2 N–H and O–H groups in total. The van der Waals surface area contributed by atoms with E-state index in [0.29, 0.717) is 18.2 Å². The van der Waals surface area contributed by atoms with Gasteiger partial charge in [0.1, 0.15) is 11.9 Å². The van der Waals surface area contributed by atoms with Gasteiger partial charge in [-0.05, 0) is 30.9 Å². The Kier molecular flexibility index (Phi) is 4.28. The van der Waals surface area contributed by atoms with Gasteiger partial charge in [0, 0.05) is 6.20 Å². The first-order valence-corrected chi connectivity index (χ1v) is 5.41. The number of nitrogens with zero attached hydrogens (tertiary/aromatic N) is 1. The Morgan fingerprint density at radius 1 is 1.50 bits per heavy atom. The van der Waals surface area contributed by atoms with Crippen LogP contribution in [0.2, 0.25) is 0 Å². The summed E-state index contributed by atoms with van der Waals surface area (Å²) in [6.07, 6.45) is 2.31. The highest BCUT2D eigenvalue weighted by molar-refractivity contribution is 5.76. The van der Waals surface area contributed by atoms with Crippen molar-refractivity contribution in [2.24, 2.45) is 5.92 Å². The summed E-state index contributed by atoms with van der Waals surface area (Å²) in [4.78, 5) is 15.1. The van der Waals surface area contributed by atoms with Crippen molar-refractivity contribution in [1.82, 2.24) is 4.98 Å².